The van der Waals surface area contributed by atoms with Gasteiger partial charge in [0.05, 0.1) is 5.69 Å². The summed E-state index contributed by atoms with van der Waals surface area (Å²) in [5, 5.41) is 6.77. The fraction of sp³-hybridized carbons (Fsp3) is 0.0526. The van der Waals surface area contributed by atoms with E-state index < -0.39 is 0 Å². The lowest BCUT2D eigenvalue weighted by atomic mass is 10.1. The van der Waals surface area contributed by atoms with Crippen LogP contribution in [0.15, 0.2) is 72.4 Å². The maximum absolute atomic E-state index is 4.44. The van der Waals surface area contributed by atoms with Crippen LogP contribution in [0.1, 0.15) is 5.56 Å². The van der Waals surface area contributed by atoms with Crippen molar-refractivity contribution in [3.63, 3.8) is 0 Å². The molecule has 0 aliphatic heterocycles. The Balaban J connectivity index is 1.61. The lowest BCUT2D eigenvalue weighted by Crippen LogP contribution is -2.01. The molecule has 0 bridgehead atoms. The predicted octanol–water partition coefficient (Wildman–Crippen LogP) is 4.97. The molecule has 112 valence electrons. The topological polar surface area (TPSA) is 37.8 Å². The molecule has 4 rings (SSSR count). The van der Waals surface area contributed by atoms with Gasteiger partial charge >= 0.3 is 0 Å². The Bertz CT molecular complexity index is 931. The molecule has 0 aliphatic rings. The van der Waals surface area contributed by atoms with E-state index in [0.717, 1.165) is 23.6 Å². The summed E-state index contributed by atoms with van der Waals surface area (Å²) in [6, 6.07) is 20.7. The summed E-state index contributed by atoms with van der Waals surface area (Å²) in [4.78, 5) is 8.77. The van der Waals surface area contributed by atoms with Crippen LogP contribution in [0.4, 0.5) is 5.82 Å². The molecule has 0 atom stereocenters. The van der Waals surface area contributed by atoms with Crippen LogP contribution >= 0.6 is 11.3 Å². The summed E-state index contributed by atoms with van der Waals surface area (Å²) >= 11 is 1.74. The average molecular weight is 317 g/mol. The van der Waals surface area contributed by atoms with Gasteiger partial charge in [-0.15, -0.1) is 11.3 Å². The first-order valence-electron chi connectivity index (χ1n) is 7.46. The van der Waals surface area contributed by atoms with E-state index in [2.05, 4.69) is 57.1 Å². The second-order valence-electron chi connectivity index (χ2n) is 5.27. The van der Waals surface area contributed by atoms with Gasteiger partial charge in [-0.2, -0.15) is 0 Å². The van der Waals surface area contributed by atoms with Crippen molar-refractivity contribution in [1.29, 1.82) is 0 Å². The molecule has 2 aromatic heterocycles. The third kappa shape index (κ3) is 2.94. The largest absolute Gasteiger partial charge is 0.366 e. The van der Waals surface area contributed by atoms with Gasteiger partial charge in [0.25, 0.3) is 0 Å². The van der Waals surface area contributed by atoms with Gasteiger partial charge in [-0.3, -0.25) is 0 Å². The van der Waals surface area contributed by atoms with Crippen LogP contribution in [0.5, 0.6) is 0 Å². The normalized spacial score (nSPS) is 10.8. The van der Waals surface area contributed by atoms with Gasteiger partial charge in [0.2, 0.25) is 0 Å². The van der Waals surface area contributed by atoms with Gasteiger partial charge in [-0.25, -0.2) is 9.97 Å². The molecular weight excluding hydrogens is 302 g/mol. The highest BCUT2D eigenvalue weighted by molar-refractivity contribution is 7.17. The number of nitrogens with one attached hydrogen (secondary N) is 1. The number of nitrogens with zero attached hydrogens (tertiary/aromatic N) is 2. The van der Waals surface area contributed by atoms with Crippen molar-refractivity contribution >= 4 is 27.2 Å². The van der Waals surface area contributed by atoms with Crippen LogP contribution in [0.2, 0.25) is 0 Å². The van der Waals surface area contributed by atoms with Crippen molar-refractivity contribution < 1.29 is 0 Å². The standard InChI is InChI=1S/C19H15N3S/c1-2-6-14(7-3-1)11-20-19-10-17(21-13-22-19)16-12-23-18-9-5-4-8-15(16)18/h1-10,12-13H,11H2,(H,20,21,22). The fourth-order valence-electron chi connectivity index (χ4n) is 2.57. The highest BCUT2D eigenvalue weighted by Gasteiger charge is 2.08. The molecule has 0 amide bonds. The highest BCUT2D eigenvalue weighted by Crippen LogP contribution is 2.33. The number of hydrogen-bond acceptors (Lipinski definition) is 4. The number of aromatic nitrogens is 2. The van der Waals surface area contributed by atoms with Crippen LogP contribution in [-0.2, 0) is 6.54 Å². The first-order valence-corrected chi connectivity index (χ1v) is 8.34. The Labute approximate surface area is 138 Å². The lowest BCUT2D eigenvalue weighted by Gasteiger charge is -2.07. The number of thiophene rings is 1. The Morgan fingerprint density at radius 3 is 2.65 bits per heavy atom. The van der Waals surface area contributed by atoms with Crippen molar-refractivity contribution in [2.24, 2.45) is 0 Å². The Morgan fingerprint density at radius 1 is 0.913 bits per heavy atom. The van der Waals surface area contributed by atoms with E-state index in [-0.39, 0.29) is 0 Å². The number of hydrogen-bond donors (Lipinski definition) is 1. The molecule has 23 heavy (non-hydrogen) atoms. The molecule has 0 spiro atoms. The molecule has 0 aliphatic carbocycles. The lowest BCUT2D eigenvalue weighted by molar-refractivity contribution is 1.08. The Kier molecular flexibility index (Phi) is 3.74. The summed E-state index contributed by atoms with van der Waals surface area (Å²) in [7, 11) is 0. The third-order valence-electron chi connectivity index (χ3n) is 3.74. The molecule has 2 heterocycles. The zero-order valence-electron chi connectivity index (χ0n) is 12.4. The van der Waals surface area contributed by atoms with E-state index in [9.17, 15) is 0 Å². The molecule has 0 unspecified atom stereocenters. The van der Waals surface area contributed by atoms with E-state index in [1.807, 2.05) is 24.3 Å². The minimum atomic E-state index is 0.752. The second kappa shape index (κ2) is 6.18. The van der Waals surface area contributed by atoms with E-state index in [0.29, 0.717) is 0 Å². The molecule has 2 aromatic carbocycles. The van der Waals surface area contributed by atoms with Crippen molar-refractivity contribution in [3.05, 3.63) is 77.9 Å². The number of anilines is 1. The zero-order valence-corrected chi connectivity index (χ0v) is 13.3. The molecule has 4 heteroatoms. The van der Waals surface area contributed by atoms with Gasteiger partial charge in [-0.05, 0) is 11.6 Å². The molecule has 0 saturated carbocycles. The maximum atomic E-state index is 4.44. The molecule has 0 radical (unpaired) electrons. The van der Waals surface area contributed by atoms with Gasteiger partial charge in [-0.1, -0.05) is 48.5 Å². The fourth-order valence-corrected chi connectivity index (χ4v) is 3.52. The van der Waals surface area contributed by atoms with Crippen molar-refractivity contribution in [1.82, 2.24) is 9.97 Å². The van der Waals surface area contributed by atoms with Crippen LogP contribution in [-0.4, -0.2) is 9.97 Å². The van der Waals surface area contributed by atoms with E-state index >= 15 is 0 Å². The average Bonchev–Trinajstić information content (AvgIpc) is 3.05. The highest BCUT2D eigenvalue weighted by atomic mass is 32.1. The van der Waals surface area contributed by atoms with E-state index in [1.165, 1.54) is 15.6 Å². The summed E-state index contributed by atoms with van der Waals surface area (Å²) in [6.45, 7) is 0.752. The Morgan fingerprint density at radius 2 is 1.74 bits per heavy atom. The van der Waals surface area contributed by atoms with Gasteiger partial charge in [0.15, 0.2) is 0 Å². The Hall–Kier alpha value is -2.72. The van der Waals surface area contributed by atoms with Crippen molar-refractivity contribution in [3.8, 4) is 11.3 Å². The molecule has 4 aromatic rings. The van der Waals surface area contributed by atoms with Crippen molar-refractivity contribution in [2.75, 3.05) is 5.32 Å². The number of rotatable bonds is 4. The van der Waals surface area contributed by atoms with Gasteiger partial charge in [0, 0.05) is 33.6 Å². The SMILES string of the molecule is c1ccc(CNc2cc(-c3csc4ccccc34)ncn2)cc1. The maximum Gasteiger partial charge on any atom is 0.130 e. The zero-order chi connectivity index (χ0) is 15.5. The minimum absolute atomic E-state index is 0.752. The number of benzene rings is 2. The monoisotopic (exact) mass is 317 g/mol. The first-order chi connectivity index (χ1) is 11.4. The molecule has 0 saturated heterocycles. The van der Waals surface area contributed by atoms with Crippen molar-refractivity contribution in [2.45, 2.75) is 6.54 Å². The third-order valence-corrected chi connectivity index (χ3v) is 4.70. The predicted molar refractivity (Wildman–Crippen MR) is 96.6 cm³/mol. The first kappa shape index (κ1) is 13.9. The molecular formula is C19H15N3S. The van der Waals surface area contributed by atoms with Gasteiger partial charge < -0.3 is 5.32 Å². The molecule has 1 N–H and O–H groups in total. The van der Waals surface area contributed by atoms with E-state index in [4.69, 9.17) is 0 Å². The van der Waals surface area contributed by atoms with E-state index in [1.54, 1.807) is 17.7 Å². The summed E-state index contributed by atoms with van der Waals surface area (Å²) < 4.78 is 1.28. The van der Waals surface area contributed by atoms with Crippen LogP contribution in [0, 0.1) is 0 Å². The summed E-state index contributed by atoms with van der Waals surface area (Å²) in [6.07, 6.45) is 1.62. The quantitative estimate of drug-likeness (QED) is 0.577. The van der Waals surface area contributed by atoms with Crippen LogP contribution in [0.3, 0.4) is 0 Å². The smallest absolute Gasteiger partial charge is 0.130 e. The van der Waals surface area contributed by atoms with Crippen LogP contribution in [0.25, 0.3) is 21.3 Å². The summed E-state index contributed by atoms with van der Waals surface area (Å²) in [5.41, 5.74) is 3.34. The minimum Gasteiger partial charge on any atom is -0.366 e. The summed E-state index contributed by atoms with van der Waals surface area (Å²) in [5.74, 6) is 0.842. The van der Waals surface area contributed by atoms with Gasteiger partial charge in [0.1, 0.15) is 12.1 Å². The second-order valence-corrected chi connectivity index (χ2v) is 6.18. The molecule has 0 fully saturated rings. The van der Waals surface area contributed by atoms with Crippen LogP contribution < -0.4 is 5.32 Å². The molecule has 3 nitrogen and oxygen atoms in total. The number of fused-ring (bicyclic) bond motifs is 1.